The van der Waals surface area contributed by atoms with Crippen LogP contribution in [0.2, 0.25) is 0 Å². The molecule has 3 aromatic carbocycles. The number of hydrogen-bond donors (Lipinski definition) is 0. The monoisotopic (exact) mass is 487 g/mol. The van der Waals surface area contributed by atoms with Gasteiger partial charge in [0, 0.05) is 10.9 Å². The third-order valence-corrected chi connectivity index (χ3v) is 5.89. The number of benzene rings is 3. The van der Waals surface area contributed by atoms with Gasteiger partial charge in [-0.25, -0.2) is 4.98 Å². The van der Waals surface area contributed by atoms with Gasteiger partial charge in [0.1, 0.15) is 23.9 Å². The first-order chi connectivity index (χ1) is 17.3. The Kier molecular flexibility index (Phi) is 6.14. The number of hydrogen-bond acceptors (Lipinski definition) is 5. The Balaban J connectivity index is 1.37. The zero-order valence-corrected chi connectivity index (χ0v) is 19.7. The quantitative estimate of drug-likeness (QED) is 0.292. The second-order valence-corrected chi connectivity index (χ2v) is 8.86. The van der Waals surface area contributed by atoms with E-state index in [0.717, 1.165) is 16.6 Å². The van der Waals surface area contributed by atoms with Crippen LogP contribution in [0.25, 0.3) is 22.2 Å². The topological polar surface area (TPSA) is 57.6 Å². The van der Waals surface area contributed by atoms with Crippen molar-refractivity contribution in [2.45, 2.75) is 32.7 Å². The minimum Gasteiger partial charge on any atom is -0.487 e. The Morgan fingerprint density at radius 2 is 1.53 bits per heavy atom. The molecule has 1 aliphatic heterocycles. The maximum Gasteiger partial charge on any atom is 0.387 e. The summed E-state index contributed by atoms with van der Waals surface area (Å²) in [6.45, 7) is 0.793. The van der Waals surface area contributed by atoms with Crippen molar-refractivity contribution in [2.75, 3.05) is 0 Å². The summed E-state index contributed by atoms with van der Waals surface area (Å²) in [6, 6.07) is 25.0. The molecule has 2 heterocycles. The number of Topliss-reactive ketones (excluding diaryl/α,β-unsaturated/α-hetero) is 1. The number of alkyl halides is 2. The Morgan fingerprint density at radius 1 is 0.861 bits per heavy atom. The van der Waals surface area contributed by atoms with E-state index in [1.165, 1.54) is 12.1 Å². The lowest BCUT2D eigenvalue weighted by Crippen LogP contribution is -2.29. The van der Waals surface area contributed by atoms with Gasteiger partial charge < -0.3 is 14.2 Å². The summed E-state index contributed by atoms with van der Waals surface area (Å²) < 4.78 is 41.3. The molecule has 0 atom stereocenters. The van der Waals surface area contributed by atoms with Gasteiger partial charge in [0.25, 0.3) is 0 Å². The highest BCUT2D eigenvalue weighted by Gasteiger charge is 2.42. The number of para-hydroxylation sites is 1. The Morgan fingerprint density at radius 3 is 2.25 bits per heavy atom. The molecule has 0 N–H and O–H groups in total. The van der Waals surface area contributed by atoms with Gasteiger partial charge in [-0.05, 0) is 67.9 Å². The lowest BCUT2D eigenvalue weighted by atomic mass is 9.92. The van der Waals surface area contributed by atoms with E-state index in [4.69, 9.17) is 9.47 Å². The molecule has 7 heteroatoms. The summed E-state index contributed by atoms with van der Waals surface area (Å²) in [4.78, 5) is 17.8. The fraction of sp³-hybridized carbons (Fsp3) is 0.172. The number of ketones is 1. The number of carbonyl (C=O) groups is 1. The van der Waals surface area contributed by atoms with Crippen LogP contribution < -0.4 is 9.47 Å². The number of halogens is 2. The number of nitrogens with zero attached hydrogens (tertiary/aromatic N) is 1. The lowest BCUT2D eigenvalue weighted by Gasteiger charge is -2.18. The maximum atomic E-state index is 13.2. The molecule has 182 valence electrons. The third-order valence-electron chi connectivity index (χ3n) is 5.89. The molecule has 0 saturated carbocycles. The molecule has 0 bridgehead atoms. The van der Waals surface area contributed by atoms with Gasteiger partial charge >= 0.3 is 6.61 Å². The number of ether oxygens (including phenoxy) is 3. The zero-order chi connectivity index (χ0) is 25.3. The molecule has 0 spiro atoms. The normalized spacial score (nSPS) is 14.9. The van der Waals surface area contributed by atoms with Crippen LogP contribution in [0.5, 0.6) is 11.5 Å². The lowest BCUT2D eigenvalue weighted by molar-refractivity contribution is -0.125. The van der Waals surface area contributed by atoms with E-state index in [-0.39, 0.29) is 11.5 Å². The second-order valence-electron chi connectivity index (χ2n) is 8.86. The molecule has 0 unspecified atom stereocenters. The van der Waals surface area contributed by atoms with Gasteiger partial charge in [-0.1, -0.05) is 36.4 Å². The fourth-order valence-electron chi connectivity index (χ4n) is 4.07. The molecule has 0 aliphatic carbocycles. The second kappa shape index (κ2) is 9.41. The van der Waals surface area contributed by atoms with E-state index in [2.05, 4.69) is 9.72 Å². The molecule has 1 aliphatic rings. The average Bonchev–Trinajstić information content (AvgIpc) is 3.11. The van der Waals surface area contributed by atoms with Crippen molar-refractivity contribution in [3.63, 3.8) is 0 Å². The van der Waals surface area contributed by atoms with Crippen LogP contribution in [0.3, 0.4) is 0 Å². The summed E-state index contributed by atoms with van der Waals surface area (Å²) in [7, 11) is 0. The molecular formula is C29H23F2NO4. The van der Waals surface area contributed by atoms with Crippen LogP contribution in [-0.4, -0.2) is 23.0 Å². The number of aromatic nitrogens is 1. The molecule has 5 rings (SSSR count). The summed E-state index contributed by atoms with van der Waals surface area (Å²) in [6.07, 6.45) is 0. The van der Waals surface area contributed by atoms with E-state index in [1.807, 2.05) is 36.4 Å². The SMILES string of the molecule is CC1(C)OC(c2ccc(OC(F)F)cc2)=C(c2ccc(OCc3ccc4ccccc4n3)cc2)C1=O. The minimum atomic E-state index is -2.91. The van der Waals surface area contributed by atoms with Crippen molar-refractivity contribution in [1.29, 1.82) is 0 Å². The molecule has 1 aromatic heterocycles. The van der Waals surface area contributed by atoms with Crippen molar-refractivity contribution >= 4 is 28.0 Å². The molecule has 0 fully saturated rings. The third kappa shape index (κ3) is 4.77. The minimum absolute atomic E-state index is 0.0295. The van der Waals surface area contributed by atoms with Gasteiger partial charge in [0.15, 0.2) is 5.60 Å². The standard InChI is InChI=1S/C29H23F2NO4/c1-29(2)27(33)25(26(36-29)20-10-15-23(16-11-20)35-28(30)31)19-8-13-22(14-9-19)34-17-21-12-7-18-5-3-4-6-24(18)32-21/h3-16,28H,17H2,1-2H3. The van der Waals surface area contributed by atoms with E-state index in [9.17, 15) is 13.6 Å². The average molecular weight is 488 g/mol. The van der Waals surface area contributed by atoms with Crippen LogP contribution in [0.4, 0.5) is 8.78 Å². The van der Waals surface area contributed by atoms with Crippen molar-refractivity contribution in [1.82, 2.24) is 4.98 Å². The number of carbonyl (C=O) groups excluding carboxylic acids is 1. The Hall–Kier alpha value is -4.26. The smallest absolute Gasteiger partial charge is 0.387 e. The molecule has 36 heavy (non-hydrogen) atoms. The van der Waals surface area contributed by atoms with E-state index in [1.54, 1.807) is 50.2 Å². The van der Waals surface area contributed by atoms with Crippen molar-refractivity contribution in [3.8, 4) is 11.5 Å². The summed E-state index contributed by atoms with van der Waals surface area (Å²) >= 11 is 0. The van der Waals surface area contributed by atoms with Crippen LogP contribution in [-0.2, 0) is 16.1 Å². The fourth-order valence-corrected chi connectivity index (χ4v) is 4.07. The summed E-state index contributed by atoms with van der Waals surface area (Å²) in [5.74, 6) is 0.888. The highest BCUT2D eigenvalue weighted by Crippen LogP contribution is 2.41. The van der Waals surface area contributed by atoms with Gasteiger partial charge in [0.2, 0.25) is 5.78 Å². The highest BCUT2D eigenvalue weighted by atomic mass is 19.3. The Labute approximate surface area is 207 Å². The van der Waals surface area contributed by atoms with Gasteiger partial charge in [-0.15, -0.1) is 0 Å². The van der Waals surface area contributed by atoms with Crippen molar-refractivity contribution in [2.24, 2.45) is 0 Å². The van der Waals surface area contributed by atoms with E-state index >= 15 is 0 Å². The predicted octanol–water partition coefficient (Wildman–Crippen LogP) is 6.66. The van der Waals surface area contributed by atoms with E-state index in [0.29, 0.717) is 34.8 Å². The highest BCUT2D eigenvalue weighted by molar-refractivity contribution is 6.32. The molecule has 5 nitrogen and oxygen atoms in total. The summed E-state index contributed by atoms with van der Waals surface area (Å²) in [5, 5.41) is 1.07. The zero-order valence-electron chi connectivity index (χ0n) is 19.7. The first-order valence-electron chi connectivity index (χ1n) is 11.4. The summed E-state index contributed by atoms with van der Waals surface area (Å²) in [5.41, 5.74) is 2.34. The maximum absolute atomic E-state index is 13.2. The molecule has 0 saturated heterocycles. The first-order valence-corrected chi connectivity index (χ1v) is 11.4. The van der Waals surface area contributed by atoms with Crippen molar-refractivity contribution in [3.05, 3.63) is 102 Å². The van der Waals surface area contributed by atoms with Crippen molar-refractivity contribution < 1.29 is 27.8 Å². The number of pyridine rings is 1. The Bertz CT molecular complexity index is 1440. The van der Waals surface area contributed by atoms with Gasteiger partial charge in [-0.3, -0.25) is 4.79 Å². The van der Waals surface area contributed by atoms with Gasteiger partial charge in [0.05, 0.1) is 16.8 Å². The predicted molar refractivity (Wildman–Crippen MR) is 133 cm³/mol. The molecule has 4 aromatic rings. The molecule has 0 amide bonds. The number of fused-ring (bicyclic) bond motifs is 1. The van der Waals surface area contributed by atoms with Crippen LogP contribution in [0, 0.1) is 0 Å². The van der Waals surface area contributed by atoms with E-state index < -0.39 is 12.2 Å². The van der Waals surface area contributed by atoms with Gasteiger partial charge in [-0.2, -0.15) is 8.78 Å². The van der Waals surface area contributed by atoms with Crippen LogP contribution in [0.1, 0.15) is 30.7 Å². The largest absolute Gasteiger partial charge is 0.487 e. The number of rotatable bonds is 7. The molecule has 0 radical (unpaired) electrons. The first kappa shape index (κ1) is 23.5. The molecular weight excluding hydrogens is 464 g/mol. The van der Waals surface area contributed by atoms with Crippen LogP contribution in [0.15, 0.2) is 84.9 Å². The van der Waals surface area contributed by atoms with Crippen LogP contribution >= 0.6 is 0 Å².